The Balaban J connectivity index is -0.000000387. The first-order valence-corrected chi connectivity index (χ1v) is 8.59. The SMILES string of the molecule is CCCCCCCCCCCCCC[N+](C)(C)C.[Br-].[C-]#N.[K+]. The van der Waals surface area contributed by atoms with Crippen LogP contribution in [0.4, 0.5) is 0 Å². The molecule has 0 bridgehead atoms. The molecule has 0 rings (SSSR count). The van der Waals surface area contributed by atoms with Gasteiger partial charge in [-0.25, -0.2) is 0 Å². The van der Waals surface area contributed by atoms with Crippen LogP contribution in [0.3, 0.4) is 0 Å². The molecule has 0 aromatic rings. The van der Waals surface area contributed by atoms with E-state index in [0.717, 1.165) is 4.48 Å². The topological polar surface area (TPSA) is 23.8 Å². The molecule has 4 heteroatoms. The van der Waals surface area contributed by atoms with Crippen LogP contribution in [-0.4, -0.2) is 32.2 Å². The smallest absolute Gasteiger partial charge is 1.00 e. The van der Waals surface area contributed by atoms with Gasteiger partial charge in [-0.05, 0) is 12.8 Å². The third-order valence-electron chi connectivity index (χ3n) is 3.68. The van der Waals surface area contributed by atoms with Crippen molar-refractivity contribution in [2.75, 3.05) is 27.7 Å². The van der Waals surface area contributed by atoms with Gasteiger partial charge in [0.05, 0.1) is 27.7 Å². The number of unbranched alkanes of at least 4 members (excludes halogenated alkanes) is 11. The van der Waals surface area contributed by atoms with Crippen molar-refractivity contribution in [3.05, 3.63) is 6.57 Å². The Hall–Kier alpha value is 1.57. The molecular formula is C18H38BrKN2. The van der Waals surface area contributed by atoms with Gasteiger partial charge in [-0.15, -0.1) is 0 Å². The Labute approximate surface area is 194 Å². The van der Waals surface area contributed by atoms with E-state index in [1.807, 2.05) is 0 Å². The molecule has 0 heterocycles. The summed E-state index contributed by atoms with van der Waals surface area (Å²) in [6.45, 7) is 8.37. The molecule has 0 unspecified atom stereocenters. The molecule has 0 saturated carbocycles. The molecule has 128 valence electrons. The largest absolute Gasteiger partial charge is 1.00 e. The number of nitrogens with zero attached hydrogens (tertiary/aromatic N) is 2. The first-order chi connectivity index (χ1) is 9.56. The molecule has 0 aliphatic carbocycles. The van der Waals surface area contributed by atoms with E-state index in [2.05, 4.69) is 28.1 Å². The molecule has 0 N–H and O–H groups in total. The van der Waals surface area contributed by atoms with E-state index in [0.29, 0.717) is 0 Å². The van der Waals surface area contributed by atoms with Crippen LogP contribution in [0.2, 0.25) is 0 Å². The molecule has 0 aliphatic heterocycles. The zero-order chi connectivity index (χ0) is 15.7. The summed E-state index contributed by atoms with van der Waals surface area (Å²) < 4.78 is 1.12. The maximum Gasteiger partial charge on any atom is 1.00 e. The van der Waals surface area contributed by atoms with Gasteiger partial charge in [0.15, 0.2) is 0 Å². The second-order valence-electron chi connectivity index (χ2n) is 6.90. The first-order valence-electron chi connectivity index (χ1n) is 8.59. The van der Waals surface area contributed by atoms with Crippen molar-refractivity contribution in [2.24, 2.45) is 0 Å². The fraction of sp³-hybridized carbons (Fsp3) is 0.944. The zero-order valence-electron chi connectivity index (χ0n) is 16.0. The molecule has 0 fully saturated rings. The van der Waals surface area contributed by atoms with Crippen LogP contribution in [-0.2, 0) is 0 Å². The molecule has 0 aromatic carbocycles. The molecule has 22 heavy (non-hydrogen) atoms. The summed E-state index contributed by atoms with van der Waals surface area (Å²) in [6, 6.07) is 0. The third kappa shape index (κ3) is 33.2. The van der Waals surface area contributed by atoms with Crippen LogP contribution in [0.15, 0.2) is 0 Å². The average molecular weight is 402 g/mol. The van der Waals surface area contributed by atoms with Crippen molar-refractivity contribution in [1.82, 2.24) is 0 Å². The fourth-order valence-electron chi connectivity index (χ4n) is 2.43. The van der Waals surface area contributed by atoms with E-state index in [1.54, 1.807) is 0 Å². The Morgan fingerprint density at radius 1 is 0.636 bits per heavy atom. The summed E-state index contributed by atoms with van der Waals surface area (Å²) in [6.07, 6.45) is 17.4. The molecule has 0 amide bonds. The van der Waals surface area contributed by atoms with Gasteiger partial charge in [0, 0.05) is 0 Å². The van der Waals surface area contributed by atoms with E-state index >= 15 is 0 Å². The van der Waals surface area contributed by atoms with Crippen LogP contribution in [0.5, 0.6) is 0 Å². The van der Waals surface area contributed by atoms with Crippen LogP contribution < -0.4 is 68.4 Å². The van der Waals surface area contributed by atoms with Crippen LogP contribution in [0, 0.1) is 11.8 Å². The van der Waals surface area contributed by atoms with Crippen molar-refractivity contribution in [1.29, 1.82) is 5.26 Å². The van der Waals surface area contributed by atoms with E-state index < -0.39 is 0 Å². The number of rotatable bonds is 13. The molecule has 2 nitrogen and oxygen atoms in total. The Morgan fingerprint density at radius 2 is 0.909 bits per heavy atom. The Bertz CT molecular complexity index is 203. The van der Waals surface area contributed by atoms with Gasteiger partial charge in [-0.3, -0.25) is 0 Å². The quantitative estimate of drug-likeness (QED) is 0.177. The van der Waals surface area contributed by atoms with Gasteiger partial charge in [0.2, 0.25) is 0 Å². The molecule has 0 saturated heterocycles. The van der Waals surface area contributed by atoms with Gasteiger partial charge < -0.3 is 33.3 Å². The Kier molecular flexibility index (Phi) is 35.4. The predicted octanol–water partition coefficient (Wildman–Crippen LogP) is -0.502. The van der Waals surface area contributed by atoms with Crippen molar-refractivity contribution in [3.63, 3.8) is 0 Å². The summed E-state index contributed by atoms with van der Waals surface area (Å²) in [5.74, 6) is 0. The molecule has 0 spiro atoms. The summed E-state index contributed by atoms with van der Waals surface area (Å²) in [5, 5.41) is 6.25. The number of hydrogen-bond donors (Lipinski definition) is 0. The molecular weight excluding hydrogens is 363 g/mol. The summed E-state index contributed by atoms with van der Waals surface area (Å²) in [4.78, 5) is 0. The average Bonchev–Trinajstić information content (AvgIpc) is 2.41. The molecule has 0 aliphatic rings. The number of quaternary nitrogens is 1. The maximum atomic E-state index is 6.25. The molecule has 0 radical (unpaired) electrons. The van der Waals surface area contributed by atoms with E-state index in [4.69, 9.17) is 11.8 Å². The first kappa shape index (κ1) is 31.3. The van der Waals surface area contributed by atoms with E-state index in [-0.39, 0.29) is 68.4 Å². The summed E-state index contributed by atoms with van der Waals surface area (Å²) in [7, 11) is 6.87. The van der Waals surface area contributed by atoms with Gasteiger partial charge >= 0.3 is 51.4 Å². The Morgan fingerprint density at radius 3 is 1.18 bits per heavy atom. The van der Waals surface area contributed by atoms with Crippen LogP contribution in [0.1, 0.15) is 84.0 Å². The van der Waals surface area contributed by atoms with Crippen LogP contribution in [0.25, 0.3) is 0 Å². The predicted molar refractivity (Wildman–Crippen MR) is 88.9 cm³/mol. The minimum absolute atomic E-state index is 0. The van der Waals surface area contributed by atoms with Crippen LogP contribution >= 0.6 is 0 Å². The van der Waals surface area contributed by atoms with Crippen molar-refractivity contribution < 1.29 is 72.8 Å². The van der Waals surface area contributed by atoms with Crippen molar-refractivity contribution in [2.45, 2.75) is 84.0 Å². The summed E-state index contributed by atoms with van der Waals surface area (Å²) >= 11 is 0. The van der Waals surface area contributed by atoms with Gasteiger partial charge in [-0.2, -0.15) is 0 Å². The molecule has 0 atom stereocenters. The van der Waals surface area contributed by atoms with Crippen molar-refractivity contribution in [3.8, 4) is 0 Å². The fourth-order valence-corrected chi connectivity index (χ4v) is 2.43. The summed E-state index contributed by atoms with van der Waals surface area (Å²) in [5.41, 5.74) is 0. The standard InChI is InChI=1S/C17H38N.CN.BrH.K/c1-5-6-7-8-9-10-11-12-13-14-15-16-17-18(2,3)4;1-2;;/h5-17H2,1-4H3;;1H;/q+1;-1;;+1/p-1. The van der Waals surface area contributed by atoms with Gasteiger partial charge in [-0.1, -0.05) is 71.1 Å². The van der Waals surface area contributed by atoms with E-state index in [9.17, 15) is 0 Å². The number of halogens is 1. The minimum atomic E-state index is 0. The van der Waals surface area contributed by atoms with Crippen molar-refractivity contribution >= 4 is 0 Å². The second-order valence-corrected chi connectivity index (χ2v) is 6.90. The van der Waals surface area contributed by atoms with Gasteiger partial charge in [0.1, 0.15) is 0 Å². The second kappa shape index (κ2) is 24.8. The van der Waals surface area contributed by atoms with E-state index in [1.165, 1.54) is 83.6 Å². The number of hydrogen-bond acceptors (Lipinski definition) is 1. The monoisotopic (exact) mass is 400 g/mol. The normalized spacial score (nSPS) is 9.91. The minimum Gasteiger partial charge on any atom is -1.00 e. The van der Waals surface area contributed by atoms with Gasteiger partial charge in [0.25, 0.3) is 0 Å². The maximum absolute atomic E-state index is 6.25. The third-order valence-corrected chi connectivity index (χ3v) is 3.68. The zero-order valence-corrected chi connectivity index (χ0v) is 20.7. The molecule has 0 aromatic heterocycles.